The summed E-state index contributed by atoms with van der Waals surface area (Å²) in [5.74, 6) is -1.11. The molecule has 1 aromatic carbocycles. The lowest BCUT2D eigenvalue weighted by atomic mass is 10.1. The molecule has 2 rings (SSSR count). The van der Waals surface area contributed by atoms with Gasteiger partial charge in [-0.25, -0.2) is 0 Å². The second kappa shape index (κ2) is 5.73. The highest BCUT2D eigenvalue weighted by Crippen LogP contribution is 2.19. The van der Waals surface area contributed by atoms with Crippen molar-refractivity contribution in [1.82, 2.24) is 4.90 Å². The minimum Gasteiger partial charge on any atom is -0.481 e. The van der Waals surface area contributed by atoms with Crippen LogP contribution in [0.1, 0.15) is 12.0 Å². The first kappa shape index (κ1) is 14.0. The molecule has 20 heavy (non-hydrogen) atoms. The lowest BCUT2D eigenvalue weighted by molar-refractivity contribution is -0.137. The molecule has 0 radical (unpaired) electrons. The van der Waals surface area contributed by atoms with E-state index in [1.165, 1.54) is 9.80 Å². The van der Waals surface area contributed by atoms with Crippen LogP contribution in [0.2, 0.25) is 0 Å². The summed E-state index contributed by atoms with van der Waals surface area (Å²) in [5.41, 5.74) is 1.48. The Bertz CT molecular complexity index is 556. The number of carbonyl (C=O) groups is 3. The Balaban J connectivity index is 2.16. The number of hydrogen-bond donors (Lipinski definition) is 1. The third-order valence-corrected chi connectivity index (χ3v) is 3.24. The maximum Gasteiger partial charge on any atom is 0.303 e. The van der Waals surface area contributed by atoms with Gasteiger partial charge in [-0.1, -0.05) is 12.1 Å². The summed E-state index contributed by atoms with van der Waals surface area (Å²) < 4.78 is 0. The monoisotopic (exact) mass is 276 g/mol. The van der Waals surface area contributed by atoms with Crippen LogP contribution in [0, 0.1) is 0 Å². The third kappa shape index (κ3) is 3.14. The van der Waals surface area contributed by atoms with Crippen molar-refractivity contribution in [3.8, 4) is 0 Å². The number of hydrogen-bond acceptors (Lipinski definition) is 3. The molecule has 1 fully saturated rings. The third-order valence-electron chi connectivity index (χ3n) is 3.24. The van der Waals surface area contributed by atoms with Crippen molar-refractivity contribution in [3.63, 3.8) is 0 Å². The van der Waals surface area contributed by atoms with Gasteiger partial charge in [0.2, 0.25) is 11.8 Å². The highest BCUT2D eigenvalue weighted by molar-refractivity contribution is 6.04. The summed E-state index contributed by atoms with van der Waals surface area (Å²) in [4.78, 5) is 37.1. The summed E-state index contributed by atoms with van der Waals surface area (Å²) in [6, 6.07) is 7.09. The Morgan fingerprint density at radius 3 is 2.70 bits per heavy atom. The van der Waals surface area contributed by atoms with E-state index in [4.69, 9.17) is 5.11 Å². The fourth-order valence-electron chi connectivity index (χ4n) is 2.09. The quantitative estimate of drug-likeness (QED) is 0.869. The van der Waals surface area contributed by atoms with E-state index >= 15 is 0 Å². The van der Waals surface area contributed by atoms with Crippen LogP contribution >= 0.6 is 0 Å². The first-order valence-electron chi connectivity index (χ1n) is 6.32. The molecule has 6 heteroatoms. The highest BCUT2D eigenvalue weighted by Gasteiger charge is 2.28. The number of carboxylic acid groups (broad SMARTS) is 1. The second-order valence-electron chi connectivity index (χ2n) is 4.79. The van der Waals surface area contributed by atoms with Gasteiger partial charge in [0.15, 0.2) is 0 Å². The number of amides is 2. The number of aliphatic carboxylic acids is 1. The fourth-order valence-corrected chi connectivity index (χ4v) is 2.09. The van der Waals surface area contributed by atoms with Crippen LogP contribution in [0.3, 0.4) is 0 Å². The molecule has 1 aromatic rings. The van der Waals surface area contributed by atoms with E-state index in [1.807, 2.05) is 6.07 Å². The number of benzene rings is 1. The van der Waals surface area contributed by atoms with Crippen molar-refractivity contribution in [2.45, 2.75) is 12.8 Å². The van der Waals surface area contributed by atoms with Gasteiger partial charge in [-0.3, -0.25) is 14.4 Å². The second-order valence-corrected chi connectivity index (χ2v) is 4.79. The number of carboxylic acids is 1. The van der Waals surface area contributed by atoms with E-state index in [2.05, 4.69) is 0 Å². The van der Waals surface area contributed by atoms with E-state index in [9.17, 15) is 14.4 Å². The van der Waals surface area contributed by atoms with Crippen LogP contribution in [0.4, 0.5) is 5.69 Å². The van der Waals surface area contributed by atoms with Crippen LogP contribution in [0.25, 0.3) is 0 Å². The molecule has 2 amide bonds. The molecule has 0 bridgehead atoms. The molecule has 0 unspecified atom stereocenters. The van der Waals surface area contributed by atoms with Crippen LogP contribution in [0.15, 0.2) is 24.3 Å². The van der Waals surface area contributed by atoms with Gasteiger partial charge in [0.1, 0.15) is 6.54 Å². The molecular weight excluding hydrogens is 260 g/mol. The number of aryl methyl sites for hydroxylation is 1. The largest absolute Gasteiger partial charge is 0.481 e. The Morgan fingerprint density at radius 2 is 2.00 bits per heavy atom. The first-order chi connectivity index (χ1) is 9.47. The molecule has 0 spiro atoms. The zero-order chi connectivity index (χ0) is 14.7. The zero-order valence-corrected chi connectivity index (χ0v) is 11.2. The molecule has 1 heterocycles. The molecule has 0 atom stereocenters. The first-order valence-corrected chi connectivity index (χ1v) is 6.32. The van der Waals surface area contributed by atoms with Gasteiger partial charge in [0, 0.05) is 19.2 Å². The molecule has 0 aliphatic carbocycles. The van der Waals surface area contributed by atoms with Gasteiger partial charge in [0.05, 0.1) is 6.54 Å². The topological polar surface area (TPSA) is 77.9 Å². The number of nitrogens with zero attached hydrogens (tertiary/aromatic N) is 2. The maximum absolute atomic E-state index is 12.0. The van der Waals surface area contributed by atoms with Gasteiger partial charge in [-0.05, 0) is 24.1 Å². The van der Waals surface area contributed by atoms with Crippen LogP contribution in [-0.4, -0.2) is 47.9 Å². The average Bonchev–Trinajstić information content (AvgIpc) is 2.41. The highest BCUT2D eigenvalue weighted by atomic mass is 16.4. The SMILES string of the molecule is CN1CC(=O)N(c2cccc(CCC(=O)O)c2)CC1=O. The number of anilines is 1. The van der Waals surface area contributed by atoms with E-state index in [-0.39, 0.29) is 31.3 Å². The van der Waals surface area contributed by atoms with Crippen molar-refractivity contribution in [1.29, 1.82) is 0 Å². The molecule has 1 saturated heterocycles. The molecule has 1 N–H and O–H groups in total. The van der Waals surface area contributed by atoms with Crippen molar-refractivity contribution >= 4 is 23.5 Å². The Morgan fingerprint density at radius 1 is 1.25 bits per heavy atom. The van der Waals surface area contributed by atoms with E-state index < -0.39 is 5.97 Å². The maximum atomic E-state index is 12.0. The van der Waals surface area contributed by atoms with Gasteiger partial charge in [-0.2, -0.15) is 0 Å². The predicted octanol–water partition coefficient (Wildman–Crippen LogP) is 0.509. The number of carbonyl (C=O) groups excluding carboxylic acids is 2. The van der Waals surface area contributed by atoms with Crippen LogP contribution in [-0.2, 0) is 20.8 Å². The van der Waals surface area contributed by atoms with Gasteiger partial charge in [0.25, 0.3) is 0 Å². The van der Waals surface area contributed by atoms with Gasteiger partial charge >= 0.3 is 5.97 Å². The molecule has 0 saturated carbocycles. The minimum atomic E-state index is -0.860. The Hall–Kier alpha value is -2.37. The normalized spacial score (nSPS) is 15.7. The Labute approximate surface area is 116 Å². The summed E-state index contributed by atoms with van der Waals surface area (Å²) in [6.07, 6.45) is 0.443. The summed E-state index contributed by atoms with van der Waals surface area (Å²) in [7, 11) is 1.60. The lowest BCUT2D eigenvalue weighted by Gasteiger charge is -2.31. The van der Waals surface area contributed by atoms with E-state index in [1.54, 1.807) is 25.2 Å². The molecule has 1 aliphatic heterocycles. The number of likely N-dealkylation sites (N-methyl/N-ethyl adjacent to an activating group) is 1. The van der Waals surface area contributed by atoms with Crippen molar-refractivity contribution in [2.24, 2.45) is 0 Å². The van der Waals surface area contributed by atoms with E-state index in [0.717, 1.165) is 5.56 Å². The molecule has 6 nitrogen and oxygen atoms in total. The lowest BCUT2D eigenvalue weighted by Crippen LogP contribution is -2.52. The van der Waals surface area contributed by atoms with E-state index in [0.29, 0.717) is 12.1 Å². The zero-order valence-electron chi connectivity index (χ0n) is 11.2. The minimum absolute atomic E-state index is 0.0255. The standard InChI is InChI=1S/C14H16N2O4/c1-15-8-13(18)16(9-12(15)17)11-4-2-3-10(7-11)5-6-14(19)20/h2-4,7H,5-6,8-9H2,1H3,(H,19,20). The molecular formula is C14H16N2O4. The summed E-state index contributed by atoms with van der Waals surface area (Å²) >= 11 is 0. The van der Waals surface area contributed by atoms with Crippen LogP contribution in [0.5, 0.6) is 0 Å². The van der Waals surface area contributed by atoms with Crippen LogP contribution < -0.4 is 4.90 Å². The summed E-state index contributed by atoms with van der Waals surface area (Å²) in [5, 5.41) is 8.68. The number of piperazine rings is 1. The Kier molecular flexibility index (Phi) is 4.02. The molecule has 106 valence electrons. The number of rotatable bonds is 4. The van der Waals surface area contributed by atoms with Gasteiger partial charge in [-0.15, -0.1) is 0 Å². The van der Waals surface area contributed by atoms with Crippen molar-refractivity contribution < 1.29 is 19.5 Å². The molecule has 1 aliphatic rings. The molecule has 0 aromatic heterocycles. The summed E-state index contributed by atoms with van der Waals surface area (Å²) in [6.45, 7) is 0.0932. The average molecular weight is 276 g/mol. The van der Waals surface area contributed by atoms with Crippen molar-refractivity contribution in [3.05, 3.63) is 29.8 Å². The predicted molar refractivity (Wildman–Crippen MR) is 72.4 cm³/mol. The smallest absolute Gasteiger partial charge is 0.303 e. The fraction of sp³-hybridized carbons (Fsp3) is 0.357. The van der Waals surface area contributed by atoms with Gasteiger partial charge < -0.3 is 14.9 Å². The van der Waals surface area contributed by atoms with Crippen molar-refractivity contribution in [2.75, 3.05) is 25.0 Å².